The molecule has 4 heteroatoms. The quantitative estimate of drug-likeness (QED) is 0.841. The minimum Gasteiger partial charge on any atom is -0.381 e. The number of benzene rings is 1. The van der Waals surface area contributed by atoms with Gasteiger partial charge in [0.25, 0.3) is 0 Å². The van der Waals surface area contributed by atoms with Crippen LogP contribution >= 0.6 is 0 Å². The van der Waals surface area contributed by atoms with Crippen LogP contribution in [0.5, 0.6) is 0 Å². The van der Waals surface area contributed by atoms with Gasteiger partial charge in [-0.15, -0.1) is 0 Å². The zero-order chi connectivity index (χ0) is 15.5. The van der Waals surface area contributed by atoms with Crippen LogP contribution in [0.15, 0.2) is 18.2 Å². The van der Waals surface area contributed by atoms with Crippen molar-refractivity contribution in [3.8, 4) is 0 Å². The summed E-state index contributed by atoms with van der Waals surface area (Å²) in [6, 6.07) is 6.61. The lowest BCUT2D eigenvalue weighted by Crippen LogP contribution is -2.51. The minimum atomic E-state index is 0.182. The zero-order valence-electron chi connectivity index (χ0n) is 13.7. The molecular formula is C18H26N2O2. The molecular weight excluding hydrogens is 276 g/mol. The van der Waals surface area contributed by atoms with E-state index in [2.05, 4.69) is 41.8 Å². The third-order valence-corrected chi connectivity index (χ3v) is 4.85. The lowest BCUT2D eigenvalue weighted by Gasteiger charge is -2.38. The van der Waals surface area contributed by atoms with Crippen molar-refractivity contribution >= 4 is 11.6 Å². The summed E-state index contributed by atoms with van der Waals surface area (Å²) < 4.78 is 5.36. The van der Waals surface area contributed by atoms with E-state index in [-0.39, 0.29) is 5.92 Å². The summed E-state index contributed by atoms with van der Waals surface area (Å²) in [4.78, 5) is 17.0. The number of piperazine rings is 1. The van der Waals surface area contributed by atoms with Crippen molar-refractivity contribution in [1.82, 2.24) is 4.90 Å². The first kappa shape index (κ1) is 15.3. The van der Waals surface area contributed by atoms with Crippen LogP contribution in [0.25, 0.3) is 0 Å². The Morgan fingerprint density at radius 2 is 1.77 bits per heavy atom. The number of hydrogen-bond acceptors (Lipinski definition) is 3. The number of anilines is 1. The molecule has 0 saturated carbocycles. The Hall–Kier alpha value is -1.55. The summed E-state index contributed by atoms with van der Waals surface area (Å²) in [5.74, 6) is 0.519. The fourth-order valence-electron chi connectivity index (χ4n) is 3.53. The van der Waals surface area contributed by atoms with Gasteiger partial charge in [-0.1, -0.05) is 17.7 Å². The molecule has 2 fully saturated rings. The fourth-order valence-corrected chi connectivity index (χ4v) is 3.53. The van der Waals surface area contributed by atoms with Gasteiger partial charge in [-0.05, 0) is 38.3 Å². The maximum atomic E-state index is 12.6. The SMILES string of the molecule is Cc1ccc(N2CCN(C(=O)C3CCOCC3)CC2)c(C)c1. The lowest BCUT2D eigenvalue weighted by atomic mass is 9.98. The summed E-state index contributed by atoms with van der Waals surface area (Å²) in [5, 5.41) is 0. The highest BCUT2D eigenvalue weighted by Gasteiger charge is 2.29. The van der Waals surface area contributed by atoms with Gasteiger partial charge in [0.2, 0.25) is 5.91 Å². The van der Waals surface area contributed by atoms with E-state index in [0.29, 0.717) is 5.91 Å². The molecule has 0 aromatic heterocycles. The van der Waals surface area contributed by atoms with Crippen LogP contribution in [0, 0.1) is 19.8 Å². The number of nitrogens with zero attached hydrogens (tertiary/aromatic N) is 2. The van der Waals surface area contributed by atoms with E-state index >= 15 is 0 Å². The van der Waals surface area contributed by atoms with Gasteiger partial charge in [-0.3, -0.25) is 4.79 Å². The molecule has 0 unspecified atom stereocenters. The van der Waals surface area contributed by atoms with Crippen LogP contribution < -0.4 is 4.90 Å². The van der Waals surface area contributed by atoms with Crippen molar-refractivity contribution in [2.75, 3.05) is 44.3 Å². The molecule has 1 aromatic rings. The van der Waals surface area contributed by atoms with Crippen molar-refractivity contribution in [2.24, 2.45) is 5.92 Å². The molecule has 0 aliphatic carbocycles. The lowest BCUT2D eigenvalue weighted by molar-refractivity contribution is -0.138. The summed E-state index contributed by atoms with van der Waals surface area (Å²) in [6.45, 7) is 9.30. The number of aryl methyl sites for hydroxylation is 2. The van der Waals surface area contributed by atoms with E-state index in [1.807, 2.05) is 0 Å². The average Bonchev–Trinajstić information content (AvgIpc) is 2.55. The Bertz CT molecular complexity index is 530. The molecule has 1 amide bonds. The number of carbonyl (C=O) groups excluding carboxylic acids is 1. The largest absolute Gasteiger partial charge is 0.381 e. The third kappa shape index (κ3) is 3.27. The first-order chi connectivity index (χ1) is 10.6. The second kappa shape index (κ2) is 6.69. The van der Waals surface area contributed by atoms with Crippen LogP contribution in [0.1, 0.15) is 24.0 Å². The molecule has 0 atom stereocenters. The summed E-state index contributed by atoms with van der Waals surface area (Å²) in [6.07, 6.45) is 1.77. The number of carbonyl (C=O) groups is 1. The van der Waals surface area contributed by atoms with Gasteiger partial charge in [-0.2, -0.15) is 0 Å². The number of amides is 1. The van der Waals surface area contributed by atoms with Crippen molar-refractivity contribution in [3.05, 3.63) is 29.3 Å². The summed E-state index contributed by atoms with van der Waals surface area (Å²) in [7, 11) is 0. The van der Waals surface area contributed by atoms with Crippen molar-refractivity contribution < 1.29 is 9.53 Å². The molecule has 4 nitrogen and oxygen atoms in total. The van der Waals surface area contributed by atoms with Crippen LogP contribution in [0.3, 0.4) is 0 Å². The normalized spacial score (nSPS) is 20.3. The predicted molar refractivity (Wildman–Crippen MR) is 88.3 cm³/mol. The summed E-state index contributed by atoms with van der Waals surface area (Å²) in [5.41, 5.74) is 3.93. The molecule has 22 heavy (non-hydrogen) atoms. The molecule has 0 spiro atoms. The monoisotopic (exact) mass is 302 g/mol. The highest BCUT2D eigenvalue weighted by Crippen LogP contribution is 2.24. The van der Waals surface area contributed by atoms with Crippen molar-refractivity contribution in [3.63, 3.8) is 0 Å². The van der Waals surface area contributed by atoms with Crippen LogP contribution in [0.2, 0.25) is 0 Å². The Morgan fingerprint density at radius 3 is 2.41 bits per heavy atom. The molecule has 2 heterocycles. The highest BCUT2D eigenvalue weighted by atomic mass is 16.5. The second-order valence-electron chi connectivity index (χ2n) is 6.49. The average molecular weight is 302 g/mol. The Balaban J connectivity index is 1.59. The molecule has 0 N–H and O–H groups in total. The van der Waals surface area contributed by atoms with Gasteiger partial charge in [0.05, 0.1) is 0 Å². The predicted octanol–water partition coefficient (Wildman–Crippen LogP) is 2.38. The van der Waals surface area contributed by atoms with E-state index in [1.54, 1.807) is 0 Å². The number of rotatable bonds is 2. The first-order valence-electron chi connectivity index (χ1n) is 8.34. The van der Waals surface area contributed by atoms with Crippen molar-refractivity contribution in [1.29, 1.82) is 0 Å². The zero-order valence-corrected chi connectivity index (χ0v) is 13.7. The maximum Gasteiger partial charge on any atom is 0.225 e. The van der Waals surface area contributed by atoms with Gasteiger partial charge in [0.15, 0.2) is 0 Å². The molecule has 0 bridgehead atoms. The highest BCUT2D eigenvalue weighted by molar-refractivity contribution is 5.79. The third-order valence-electron chi connectivity index (χ3n) is 4.85. The van der Waals surface area contributed by atoms with Crippen LogP contribution in [-0.2, 0) is 9.53 Å². The topological polar surface area (TPSA) is 32.8 Å². The smallest absolute Gasteiger partial charge is 0.225 e. The van der Waals surface area contributed by atoms with Gasteiger partial charge >= 0.3 is 0 Å². The first-order valence-corrected chi connectivity index (χ1v) is 8.34. The maximum absolute atomic E-state index is 12.6. The molecule has 3 rings (SSSR count). The second-order valence-corrected chi connectivity index (χ2v) is 6.49. The Labute approximate surface area is 133 Å². The standard InChI is InChI=1S/C18H26N2O2/c1-14-3-4-17(15(2)13-14)19-7-9-20(10-8-19)18(21)16-5-11-22-12-6-16/h3-4,13,16H,5-12H2,1-2H3. The van der Waals surface area contributed by atoms with Gasteiger partial charge < -0.3 is 14.5 Å². The van der Waals surface area contributed by atoms with E-state index in [0.717, 1.165) is 52.2 Å². The Kier molecular flexibility index (Phi) is 4.67. The summed E-state index contributed by atoms with van der Waals surface area (Å²) >= 11 is 0. The molecule has 2 saturated heterocycles. The van der Waals surface area contributed by atoms with E-state index in [9.17, 15) is 4.79 Å². The van der Waals surface area contributed by atoms with Crippen LogP contribution in [-0.4, -0.2) is 50.2 Å². The van der Waals surface area contributed by atoms with Crippen LogP contribution in [0.4, 0.5) is 5.69 Å². The van der Waals surface area contributed by atoms with Gasteiger partial charge in [0.1, 0.15) is 0 Å². The minimum absolute atomic E-state index is 0.182. The molecule has 1 aromatic carbocycles. The number of ether oxygens (including phenoxy) is 1. The molecule has 120 valence electrons. The van der Waals surface area contributed by atoms with E-state index in [1.165, 1.54) is 16.8 Å². The molecule has 2 aliphatic rings. The van der Waals surface area contributed by atoms with Crippen molar-refractivity contribution in [2.45, 2.75) is 26.7 Å². The van der Waals surface area contributed by atoms with Gasteiger partial charge in [0, 0.05) is 51.0 Å². The molecule has 0 radical (unpaired) electrons. The molecule has 2 aliphatic heterocycles. The fraction of sp³-hybridized carbons (Fsp3) is 0.611. The van der Waals surface area contributed by atoms with Gasteiger partial charge in [-0.25, -0.2) is 0 Å². The van der Waals surface area contributed by atoms with E-state index in [4.69, 9.17) is 4.74 Å². The Morgan fingerprint density at radius 1 is 1.09 bits per heavy atom. The van der Waals surface area contributed by atoms with E-state index < -0.39 is 0 Å². The number of hydrogen-bond donors (Lipinski definition) is 0.